The van der Waals surface area contributed by atoms with E-state index >= 15 is 0 Å². The lowest BCUT2D eigenvalue weighted by atomic mass is 10.2. The minimum Gasteiger partial charge on any atom is -0.506 e. The molecule has 1 aliphatic heterocycles. The molecule has 3 N–H and O–H groups in total. The highest BCUT2D eigenvalue weighted by molar-refractivity contribution is 5.77. The van der Waals surface area contributed by atoms with E-state index in [9.17, 15) is 9.90 Å². The number of phenols is 1. The Morgan fingerprint density at radius 2 is 2.05 bits per heavy atom. The molecule has 0 radical (unpaired) electrons. The van der Waals surface area contributed by atoms with Gasteiger partial charge >= 0.3 is 0 Å². The lowest BCUT2D eigenvalue weighted by Gasteiger charge is -2.33. The van der Waals surface area contributed by atoms with Crippen LogP contribution in [-0.4, -0.2) is 49.8 Å². The Morgan fingerprint density at radius 3 is 2.68 bits per heavy atom. The van der Waals surface area contributed by atoms with Gasteiger partial charge < -0.3 is 20.2 Å². The molecule has 1 aliphatic rings. The Hall–Kier alpha value is -1.75. The van der Waals surface area contributed by atoms with Gasteiger partial charge in [-0.3, -0.25) is 4.79 Å². The molecule has 1 heterocycles. The molecule has 1 fully saturated rings. The van der Waals surface area contributed by atoms with Gasteiger partial charge in [0.2, 0.25) is 0 Å². The van der Waals surface area contributed by atoms with Crippen molar-refractivity contribution in [3.63, 3.8) is 0 Å². The molecule has 0 bridgehead atoms. The summed E-state index contributed by atoms with van der Waals surface area (Å²) in [4.78, 5) is 15.5. The molecule has 0 unspecified atom stereocenters. The predicted molar refractivity (Wildman–Crippen MR) is 88.4 cm³/mol. The maximum Gasteiger partial charge on any atom is 0.275 e. The van der Waals surface area contributed by atoms with E-state index in [4.69, 9.17) is 0 Å². The highest BCUT2D eigenvalue weighted by atomic mass is 16.3. The lowest BCUT2D eigenvalue weighted by Crippen LogP contribution is -3.16. The number of anilines is 1. The number of nitrogens with one attached hydrogen (secondary N) is 2. The quantitative estimate of drug-likeness (QED) is 0.713. The predicted octanol–water partition coefficient (Wildman–Crippen LogP) is 0.402. The molecule has 22 heavy (non-hydrogen) atoms. The molecule has 5 nitrogen and oxygen atoms in total. The number of hydrogen-bond donors (Lipinski definition) is 3. The molecule has 0 aromatic heterocycles. The second-order valence-corrected chi connectivity index (χ2v) is 6.16. The zero-order chi connectivity index (χ0) is 15.9. The number of hydrogen-bond acceptors (Lipinski definition) is 3. The maximum atomic E-state index is 12.0. The van der Waals surface area contributed by atoms with Gasteiger partial charge in [-0.2, -0.15) is 0 Å². The highest BCUT2D eigenvalue weighted by Crippen LogP contribution is 2.25. The van der Waals surface area contributed by atoms with Gasteiger partial charge in [-0.1, -0.05) is 25.5 Å². The third kappa shape index (κ3) is 4.63. The summed E-state index contributed by atoms with van der Waals surface area (Å²) in [5.74, 6) is 0.476. The standard InChI is InChI=1S/C17H27N3O2/c1-3-6-14(2)18-17(22)13-19-9-11-20(12-10-19)15-7-4-5-8-16(15)21/h4-5,7-8,14,21H,3,6,9-13H2,1-2H3,(H,18,22)/p+1/t14-/m0/s1. The van der Waals surface area contributed by atoms with Crippen LogP contribution in [-0.2, 0) is 4.79 Å². The third-order valence-corrected chi connectivity index (χ3v) is 4.23. The second-order valence-electron chi connectivity index (χ2n) is 6.16. The van der Waals surface area contributed by atoms with Crippen molar-refractivity contribution in [1.82, 2.24) is 5.32 Å². The first-order valence-corrected chi connectivity index (χ1v) is 8.26. The largest absolute Gasteiger partial charge is 0.506 e. The van der Waals surface area contributed by atoms with Crippen molar-refractivity contribution in [2.75, 3.05) is 37.6 Å². The zero-order valence-corrected chi connectivity index (χ0v) is 13.6. The molecule has 0 aliphatic carbocycles. The van der Waals surface area contributed by atoms with Crippen LogP contribution >= 0.6 is 0 Å². The summed E-state index contributed by atoms with van der Waals surface area (Å²) < 4.78 is 0. The summed E-state index contributed by atoms with van der Waals surface area (Å²) in [6, 6.07) is 7.70. The molecule has 2 rings (SSSR count). The number of para-hydroxylation sites is 2. The lowest BCUT2D eigenvalue weighted by molar-refractivity contribution is -0.892. The van der Waals surface area contributed by atoms with E-state index in [0.29, 0.717) is 12.3 Å². The van der Waals surface area contributed by atoms with E-state index in [-0.39, 0.29) is 11.9 Å². The van der Waals surface area contributed by atoms with Crippen LogP contribution in [0.25, 0.3) is 0 Å². The van der Waals surface area contributed by atoms with E-state index in [1.54, 1.807) is 6.07 Å². The van der Waals surface area contributed by atoms with E-state index in [0.717, 1.165) is 44.7 Å². The first kappa shape index (κ1) is 16.6. The summed E-state index contributed by atoms with van der Waals surface area (Å²) in [6.07, 6.45) is 2.12. The number of carbonyl (C=O) groups is 1. The Balaban J connectivity index is 1.78. The Bertz CT molecular complexity index is 485. The van der Waals surface area contributed by atoms with Crippen molar-refractivity contribution in [1.29, 1.82) is 0 Å². The summed E-state index contributed by atoms with van der Waals surface area (Å²) in [5.41, 5.74) is 0.891. The fourth-order valence-electron chi connectivity index (χ4n) is 3.03. The van der Waals surface area contributed by atoms with Crippen molar-refractivity contribution in [2.45, 2.75) is 32.7 Å². The molecule has 1 amide bonds. The van der Waals surface area contributed by atoms with Crippen molar-refractivity contribution >= 4 is 11.6 Å². The van der Waals surface area contributed by atoms with Crippen molar-refractivity contribution in [3.05, 3.63) is 24.3 Å². The van der Waals surface area contributed by atoms with Crippen LogP contribution in [0.5, 0.6) is 5.75 Å². The third-order valence-electron chi connectivity index (χ3n) is 4.23. The summed E-state index contributed by atoms with van der Waals surface area (Å²) >= 11 is 0. The second kappa shape index (κ2) is 8.03. The molecular formula is C17H28N3O2+. The molecule has 1 saturated heterocycles. The van der Waals surface area contributed by atoms with Gasteiger partial charge in [0.1, 0.15) is 5.75 Å². The molecule has 1 aromatic rings. The smallest absolute Gasteiger partial charge is 0.275 e. The van der Waals surface area contributed by atoms with Gasteiger partial charge in [0, 0.05) is 6.04 Å². The van der Waals surface area contributed by atoms with Crippen molar-refractivity contribution in [3.8, 4) is 5.75 Å². The zero-order valence-electron chi connectivity index (χ0n) is 13.6. The minimum absolute atomic E-state index is 0.145. The average molecular weight is 306 g/mol. The van der Waals surface area contributed by atoms with Gasteiger partial charge in [-0.15, -0.1) is 0 Å². The number of phenolic OH excluding ortho intramolecular Hbond substituents is 1. The van der Waals surface area contributed by atoms with E-state index in [1.807, 2.05) is 18.2 Å². The molecule has 0 saturated carbocycles. The van der Waals surface area contributed by atoms with Crippen LogP contribution in [0.15, 0.2) is 24.3 Å². The van der Waals surface area contributed by atoms with Gasteiger partial charge in [0.15, 0.2) is 6.54 Å². The SMILES string of the molecule is CCC[C@H](C)NC(=O)C[NH+]1CCN(c2ccccc2O)CC1. The number of nitrogens with zero attached hydrogens (tertiary/aromatic N) is 1. The van der Waals surface area contributed by atoms with Gasteiger partial charge in [0.25, 0.3) is 5.91 Å². The van der Waals surface area contributed by atoms with Gasteiger partial charge in [-0.05, 0) is 25.5 Å². The van der Waals surface area contributed by atoms with E-state index in [1.165, 1.54) is 4.90 Å². The molecule has 1 atom stereocenters. The van der Waals surface area contributed by atoms with Gasteiger partial charge in [0.05, 0.1) is 31.9 Å². The normalized spacial score (nSPS) is 17.3. The molecule has 1 aromatic carbocycles. The number of benzene rings is 1. The number of quaternary nitrogens is 1. The summed E-state index contributed by atoms with van der Waals surface area (Å²) in [7, 11) is 0. The van der Waals surface area contributed by atoms with Crippen molar-refractivity contribution < 1.29 is 14.8 Å². The summed E-state index contributed by atoms with van der Waals surface area (Å²) in [6.45, 7) is 8.31. The molecule has 122 valence electrons. The number of carbonyl (C=O) groups excluding carboxylic acids is 1. The number of amides is 1. The van der Waals surface area contributed by atoms with Crippen molar-refractivity contribution in [2.24, 2.45) is 0 Å². The van der Waals surface area contributed by atoms with Crippen LogP contribution in [0.4, 0.5) is 5.69 Å². The molecular weight excluding hydrogens is 278 g/mol. The van der Waals surface area contributed by atoms with Crippen LogP contribution in [0.1, 0.15) is 26.7 Å². The summed E-state index contributed by atoms with van der Waals surface area (Å²) in [5, 5.41) is 13.0. The Labute approximate surface area is 132 Å². The maximum absolute atomic E-state index is 12.0. The van der Waals surface area contributed by atoms with Crippen LogP contribution in [0, 0.1) is 0 Å². The van der Waals surface area contributed by atoms with Crippen LogP contribution in [0.2, 0.25) is 0 Å². The minimum atomic E-state index is 0.145. The number of piperazine rings is 1. The van der Waals surface area contributed by atoms with E-state index < -0.39 is 0 Å². The van der Waals surface area contributed by atoms with Crippen LogP contribution in [0.3, 0.4) is 0 Å². The topological polar surface area (TPSA) is 57.0 Å². The average Bonchev–Trinajstić information content (AvgIpc) is 2.49. The Kier molecular flexibility index (Phi) is 6.07. The molecule has 0 spiro atoms. The van der Waals surface area contributed by atoms with Crippen LogP contribution < -0.4 is 15.1 Å². The number of aromatic hydroxyl groups is 1. The fourth-order valence-corrected chi connectivity index (χ4v) is 3.03. The number of rotatable bonds is 6. The van der Waals surface area contributed by atoms with Gasteiger partial charge in [-0.25, -0.2) is 0 Å². The first-order valence-electron chi connectivity index (χ1n) is 8.26. The van der Waals surface area contributed by atoms with E-state index in [2.05, 4.69) is 24.1 Å². The molecule has 5 heteroatoms. The Morgan fingerprint density at radius 1 is 1.36 bits per heavy atom. The fraction of sp³-hybridized carbons (Fsp3) is 0.588. The first-order chi connectivity index (χ1) is 10.6. The highest BCUT2D eigenvalue weighted by Gasteiger charge is 2.23. The monoisotopic (exact) mass is 306 g/mol.